The van der Waals surface area contributed by atoms with Crippen molar-refractivity contribution in [2.75, 3.05) is 10.8 Å². The molecule has 0 fully saturated rings. The quantitative estimate of drug-likeness (QED) is 0.618. The summed E-state index contributed by atoms with van der Waals surface area (Å²) in [6, 6.07) is 7.20. The van der Waals surface area contributed by atoms with Gasteiger partial charge in [-0.25, -0.2) is 17.2 Å². The van der Waals surface area contributed by atoms with E-state index in [0.29, 0.717) is 10.4 Å². The predicted octanol–water partition coefficient (Wildman–Crippen LogP) is 3.09. The third kappa shape index (κ3) is 3.14. The maximum Gasteiger partial charge on any atom is 0.289 e. The Morgan fingerprint density at radius 1 is 1.17 bits per heavy atom. The Balaban J connectivity index is 2.63. The summed E-state index contributed by atoms with van der Waals surface area (Å²) in [7, 11) is -4.39. The second-order valence-corrected chi connectivity index (χ2v) is 6.32. The Morgan fingerprint density at radius 2 is 1.83 bits per heavy atom. The highest BCUT2D eigenvalue weighted by Gasteiger charge is 2.32. The van der Waals surface area contributed by atoms with Gasteiger partial charge in [0.1, 0.15) is 11.6 Å². The van der Waals surface area contributed by atoms with Crippen molar-refractivity contribution in [1.29, 1.82) is 0 Å². The fraction of sp³-hybridized carbons (Fsp3) is 0.143. The number of sulfonamides is 1. The third-order valence-corrected chi connectivity index (χ3v) is 5.03. The minimum Gasteiger partial charge on any atom is -0.263 e. The van der Waals surface area contributed by atoms with Crippen molar-refractivity contribution in [2.45, 2.75) is 11.8 Å². The first-order valence-electron chi connectivity index (χ1n) is 6.50. The van der Waals surface area contributed by atoms with Crippen LogP contribution in [0.1, 0.15) is 6.92 Å². The molecule has 0 aromatic heterocycles. The molecule has 122 valence electrons. The van der Waals surface area contributed by atoms with Crippen LogP contribution in [0.4, 0.5) is 20.2 Å². The van der Waals surface area contributed by atoms with E-state index in [4.69, 9.17) is 0 Å². The number of nitrogens with zero attached hydrogens (tertiary/aromatic N) is 2. The Bertz CT molecular complexity index is 856. The number of nitro benzene ring substituents is 1. The standard InChI is InChI=1S/C14H12F2N2O4S/c1-2-17(12-8-7-10(15)9-11(12)16)23(21,22)14-6-4-3-5-13(14)18(19)20/h3-9H,2H2,1H3. The van der Waals surface area contributed by atoms with Crippen LogP contribution in [0.3, 0.4) is 0 Å². The average molecular weight is 342 g/mol. The van der Waals surface area contributed by atoms with Crippen LogP contribution in [-0.4, -0.2) is 19.9 Å². The van der Waals surface area contributed by atoms with Crippen molar-refractivity contribution in [1.82, 2.24) is 0 Å². The molecule has 0 heterocycles. The maximum atomic E-state index is 13.9. The first kappa shape index (κ1) is 16.8. The molecular formula is C14H12F2N2O4S. The highest BCUT2D eigenvalue weighted by atomic mass is 32.2. The first-order chi connectivity index (χ1) is 10.8. The van der Waals surface area contributed by atoms with Crippen molar-refractivity contribution < 1.29 is 22.1 Å². The topological polar surface area (TPSA) is 80.5 Å². The number of rotatable bonds is 5. The van der Waals surface area contributed by atoms with Gasteiger partial charge in [0.2, 0.25) is 0 Å². The molecule has 0 spiro atoms. The fourth-order valence-electron chi connectivity index (χ4n) is 2.10. The van der Waals surface area contributed by atoms with E-state index in [1.54, 1.807) is 0 Å². The van der Waals surface area contributed by atoms with Crippen molar-refractivity contribution in [3.8, 4) is 0 Å². The Labute approximate surface area is 131 Å². The van der Waals surface area contributed by atoms with Gasteiger partial charge in [0.05, 0.1) is 10.6 Å². The summed E-state index contributed by atoms with van der Waals surface area (Å²) in [5.74, 6) is -1.93. The van der Waals surface area contributed by atoms with Crippen LogP contribution in [0, 0.1) is 21.7 Å². The van der Waals surface area contributed by atoms with Crippen molar-refractivity contribution >= 4 is 21.4 Å². The molecule has 0 radical (unpaired) electrons. The first-order valence-corrected chi connectivity index (χ1v) is 7.94. The summed E-state index contributed by atoms with van der Waals surface area (Å²) >= 11 is 0. The molecule has 2 rings (SSSR count). The van der Waals surface area contributed by atoms with Crippen molar-refractivity contribution in [3.05, 3.63) is 64.2 Å². The third-order valence-electron chi connectivity index (χ3n) is 3.10. The molecule has 0 aliphatic rings. The molecule has 0 aliphatic carbocycles. The van der Waals surface area contributed by atoms with Gasteiger partial charge in [-0.1, -0.05) is 12.1 Å². The monoisotopic (exact) mass is 342 g/mol. The largest absolute Gasteiger partial charge is 0.289 e. The van der Waals surface area contributed by atoms with E-state index >= 15 is 0 Å². The van der Waals surface area contributed by atoms with Gasteiger partial charge in [0, 0.05) is 18.7 Å². The highest BCUT2D eigenvalue weighted by Crippen LogP contribution is 2.31. The number of para-hydroxylation sites is 1. The van der Waals surface area contributed by atoms with Gasteiger partial charge < -0.3 is 0 Å². The Morgan fingerprint density at radius 3 is 2.39 bits per heavy atom. The minimum atomic E-state index is -4.39. The van der Waals surface area contributed by atoms with Crippen LogP contribution >= 0.6 is 0 Å². The van der Waals surface area contributed by atoms with Crippen LogP contribution in [0.25, 0.3) is 0 Å². The van der Waals surface area contributed by atoms with Crippen LogP contribution in [0.2, 0.25) is 0 Å². The summed E-state index contributed by atoms with van der Waals surface area (Å²) in [6.45, 7) is 1.26. The summed E-state index contributed by atoms with van der Waals surface area (Å²) in [6.07, 6.45) is 0. The second-order valence-electron chi connectivity index (χ2n) is 4.49. The summed E-state index contributed by atoms with van der Waals surface area (Å²) in [5.41, 5.74) is -1.000. The lowest BCUT2D eigenvalue weighted by atomic mass is 10.3. The van der Waals surface area contributed by atoms with E-state index in [0.717, 1.165) is 24.3 Å². The molecule has 2 aromatic rings. The average Bonchev–Trinajstić information content (AvgIpc) is 2.50. The summed E-state index contributed by atoms with van der Waals surface area (Å²) in [4.78, 5) is 9.64. The minimum absolute atomic E-state index is 0.184. The zero-order valence-electron chi connectivity index (χ0n) is 11.9. The van der Waals surface area contributed by atoms with E-state index in [9.17, 15) is 27.3 Å². The van der Waals surface area contributed by atoms with Gasteiger partial charge in [-0.05, 0) is 25.1 Å². The highest BCUT2D eigenvalue weighted by molar-refractivity contribution is 7.93. The van der Waals surface area contributed by atoms with E-state index in [2.05, 4.69) is 0 Å². The lowest BCUT2D eigenvalue weighted by Gasteiger charge is -2.23. The van der Waals surface area contributed by atoms with Crippen LogP contribution in [0.5, 0.6) is 0 Å². The predicted molar refractivity (Wildman–Crippen MR) is 79.7 cm³/mol. The van der Waals surface area contributed by atoms with Gasteiger partial charge in [-0.2, -0.15) is 0 Å². The van der Waals surface area contributed by atoms with Crippen LogP contribution < -0.4 is 4.31 Å². The molecule has 6 nitrogen and oxygen atoms in total. The van der Waals surface area contributed by atoms with Gasteiger partial charge in [-0.3, -0.25) is 14.4 Å². The maximum absolute atomic E-state index is 13.9. The molecule has 9 heteroatoms. The van der Waals surface area contributed by atoms with E-state index in [1.807, 2.05) is 0 Å². The lowest BCUT2D eigenvalue weighted by Crippen LogP contribution is -2.32. The number of nitro groups is 1. The van der Waals surface area contributed by atoms with Crippen LogP contribution in [0.15, 0.2) is 47.4 Å². The molecule has 0 unspecified atom stereocenters. The Hall–Kier alpha value is -2.55. The van der Waals surface area contributed by atoms with Crippen molar-refractivity contribution in [3.63, 3.8) is 0 Å². The molecule has 0 aliphatic heterocycles. The number of benzene rings is 2. The molecule has 0 saturated heterocycles. The second kappa shape index (κ2) is 6.29. The summed E-state index contributed by atoms with van der Waals surface area (Å²) < 4.78 is 53.0. The number of hydrogen-bond acceptors (Lipinski definition) is 4. The normalized spacial score (nSPS) is 11.3. The number of halogens is 2. The molecule has 0 N–H and O–H groups in total. The molecule has 0 amide bonds. The fourth-order valence-corrected chi connectivity index (χ4v) is 3.74. The SMILES string of the molecule is CCN(c1ccc(F)cc1F)S(=O)(=O)c1ccccc1[N+](=O)[O-]. The van der Waals surface area contributed by atoms with Crippen molar-refractivity contribution in [2.24, 2.45) is 0 Å². The lowest BCUT2D eigenvalue weighted by molar-refractivity contribution is -0.387. The Kier molecular flexibility index (Phi) is 4.60. The van der Waals surface area contributed by atoms with Gasteiger partial charge in [0.15, 0.2) is 4.90 Å². The van der Waals surface area contributed by atoms with Gasteiger partial charge >= 0.3 is 0 Å². The molecule has 0 atom stereocenters. The van der Waals surface area contributed by atoms with Crippen LogP contribution in [-0.2, 0) is 10.0 Å². The van der Waals surface area contributed by atoms with E-state index < -0.39 is 37.2 Å². The molecule has 23 heavy (non-hydrogen) atoms. The number of anilines is 1. The van der Waals surface area contributed by atoms with Gasteiger partial charge in [-0.15, -0.1) is 0 Å². The molecule has 2 aromatic carbocycles. The zero-order valence-corrected chi connectivity index (χ0v) is 12.8. The zero-order chi connectivity index (χ0) is 17.2. The van der Waals surface area contributed by atoms with Gasteiger partial charge in [0.25, 0.3) is 15.7 Å². The van der Waals surface area contributed by atoms with E-state index in [-0.39, 0.29) is 12.2 Å². The molecular weight excluding hydrogens is 330 g/mol. The smallest absolute Gasteiger partial charge is 0.263 e. The number of hydrogen-bond donors (Lipinski definition) is 0. The van der Waals surface area contributed by atoms with E-state index in [1.165, 1.54) is 19.1 Å². The molecule has 0 saturated carbocycles. The summed E-state index contributed by atoms with van der Waals surface area (Å²) in [5, 5.41) is 11.0. The molecule has 0 bridgehead atoms.